The number of sulfone groups is 1. The molecule has 1 aliphatic carbocycles. The number of carbonyl (C=O) groups excluding carboxylic acids is 1. The van der Waals surface area contributed by atoms with Gasteiger partial charge in [0.1, 0.15) is 0 Å². The quantitative estimate of drug-likeness (QED) is 0.452. The van der Waals surface area contributed by atoms with E-state index in [0.717, 1.165) is 74.5 Å². The summed E-state index contributed by atoms with van der Waals surface area (Å²) in [7, 11) is -3.16. The molecule has 0 bridgehead atoms. The number of halogens is 1. The van der Waals surface area contributed by atoms with Gasteiger partial charge in [0.05, 0.1) is 4.90 Å². The van der Waals surface area contributed by atoms with Crippen LogP contribution in [0.25, 0.3) is 10.8 Å². The third kappa shape index (κ3) is 6.73. The van der Waals surface area contributed by atoms with Crippen molar-refractivity contribution in [2.45, 2.75) is 55.9 Å². The standard InChI is InChI=1S/C30H36N2O3S.ClH/c1-36(34,35)27-14-11-23-16-19-32(20-17-25(23)21-27)18-15-22-9-12-26(13-10-22)31-30(33)29-8-4-6-24-5-2-3-7-28(24)29;/h2-8,11,14,21-22,26H,9-10,12-13,15-20H2,1H3,(H,31,33);1H. The van der Waals surface area contributed by atoms with E-state index in [-0.39, 0.29) is 24.4 Å². The van der Waals surface area contributed by atoms with Crippen LogP contribution in [0.2, 0.25) is 0 Å². The third-order valence-corrected chi connectivity index (χ3v) is 9.18. The fourth-order valence-corrected chi connectivity index (χ4v) is 6.52. The topological polar surface area (TPSA) is 66.5 Å². The molecule has 2 aliphatic rings. The minimum Gasteiger partial charge on any atom is -0.349 e. The van der Waals surface area contributed by atoms with Crippen molar-refractivity contribution in [1.29, 1.82) is 0 Å². The van der Waals surface area contributed by atoms with Crippen LogP contribution in [-0.2, 0) is 22.7 Å². The lowest BCUT2D eigenvalue weighted by atomic mass is 9.84. The lowest BCUT2D eigenvalue weighted by Gasteiger charge is -2.31. The summed E-state index contributed by atoms with van der Waals surface area (Å²) in [6.07, 6.45) is 8.76. The summed E-state index contributed by atoms with van der Waals surface area (Å²) in [6, 6.07) is 19.9. The Balaban J connectivity index is 0.00000320. The van der Waals surface area contributed by atoms with Gasteiger partial charge in [-0.25, -0.2) is 8.42 Å². The Bertz CT molecular complexity index is 1340. The second kappa shape index (κ2) is 12.0. The summed E-state index contributed by atoms with van der Waals surface area (Å²) in [5.41, 5.74) is 3.23. The van der Waals surface area contributed by atoms with Crippen LogP contribution in [0, 0.1) is 5.92 Å². The highest BCUT2D eigenvalue weighted by molar-refractivity contribution is 7.90. The maximum atomic E-state index is 13.0. The molecular weight excluding hydrogens is 504 g/mol. The predicted octanol–water partition coefficient (Wildman–Crippen LogP) is 5.44. The van der Waals surface area contributed by atoms with Crippen molar-refractivity contribution in [3.63, 3.8) is 0 Å². The Kier molecular flexibility index (Phi) is 8.94. The molecule has 1 amide bonds. The summed E-state index contributed by atoms with van der Waals surface area (Å²) in [5.74, 6) is 0.747. The van der Waals surface area contributed by atoms with Gasteiger partial charge in [0, 0.05) is 31.0 Å². The Morgan fingerprint density at radius 1 is 0.919 bits per heavy atom. The molecule has 1 saturated carbocycles. The molecule has 0 radical (unpaired) electrons. The monoisotopic (exact) mass is 540 g/mol. The minimum atomic E-state index is -3.16. The number of nitrogens with zero attached hydrogens (tertiary/aromatic N) is 1. The highest BCUT2D eigenvalue weighted by Gasteiger charge is 2.24. The van der Waals surface area contributed by atoms with E-state index >= 15 is 0 Å². The summed E-state index contributed by atoms with van der Waals surface area (Å²) < 4.78 is 23.8. The maximum Gasteiger partial charge on any atom is 0.252 e. The second-order valence-corrected chi connectivity index (χ2v) is 12.6. The van der Waals surface area contributed by atoms with Crippen molar-refractivity contribution >= 4 is 38.9 Å². The first-order chi connectivity index (χ1) is 17.4. The van der Waals surface area contributed by atoms with Gasteiger partial charge in [0.15, 0.2) is 9.84 Å². The van der Waals surface area contributed by atoms with Crippen LogP contribution >= 0.6 is 12.4 Å². The summed E-state index contributed by atoms with van der Waals surface area (Å²) in [6.45, 7) is 3.10. The molecule has 0 unspecified atom stereocenters. The molecule has 1 fully saturated rings. The molecule has 0 saturated heterocycles. The van der Waals surface area contributed by atoms with Gasteiger partial charge in [0.25, 0.3) is 5.91 Å². The van der Waals surface area contributed by atoms with Gasteiger partial charge in [-0.3, -0.25) is 4.79 Å². The number of amides is 1. The second-order valence-electron chi connectivity index (χ2n) is 10.6. The Morgan fingerprint density at radius 3 is 2.38 bits per heavy atom. The molecule has 3 aromatic rings. The van der Waals surface area contributed by atoms with Crippen LogP contribution in [0.5, 0.6) is 0 Å². The summed E-state index contributed by atoms with van der Waals surface area (Å²) >= 11 is 0. The zero-order chi connectivity index (χ0) is 25.1. The van der Waals surface area contributed by atoms with Gasteiger partial charge in [-0.15, -0.1) is 12.4 Å². The van der Waals surface area contributed by atoms with Crippen molar-refractivity contribution in [3.8, 4) is 0 Å². The van der Waals surface area contributed by atoms with Crippen molar-refractivity contribution in [2.24, 2.45) is 5.92 Å². The largest absolute Gasteiger partial charge is 0.349 e. The van der Waals surface area contributed by atoms with Crippen LogP contribution in [-0.4, -0.2) is 51.2 Å². The normalized spacial score (nSPS) is 20.5. The molecule has 1 N–H and O–H groups in total. The number of carbonyl (C=O) groups is 1. The van der Waals surface area contributed by atoms with E-state index in [1.165, 1.54) is 23.8 Å². The van der Waals surface area contributed by atoms with Crippen molar-refractivity contribution < 1.29 is 13.2 Å². The first-order valence-corrected chi connectivity index (χ1v) is 15.1. The first kappa shape index (κ1) is 27.6. The van der Waals surface area contributed by atoms with Crippen molar-refractivity contribution in [3.05, 3.63) is 77.4 Å². The first-order valence-electron chi connectivity index (χ1n) is 13.2. The van der Waals surface area contributed by atoms with Crippen LogP contribution in [0.4, 0.5) is 0 Å². The number of fused-ring (bicyclic) bond motifs is 2. The molecule has 3 aromatic carbocycles. The minimum absolute atomic E-state index is 0. The lowest BCUT2D eigenvalue weighted by Crippen LogP contribution is -2.38. The van der Waals surface area contributed by atoms with E-state index in [0.29, 0.717) is 10.8 Å². The molecule has 7 heteroatoms. The van der Waals surface area contributed by atoms with Crippen LogP contribution in [0.3, 0.4) is 0 Å². The number of benzene rings is 3. The molecule has 37 heavy (non-hydrogen) atoms. The highest BCUT2D eigenvalue weighted by Crippen LogP contribution is 2.28. The zero-order valence-corrected chi connectivity index (χ0v) is 23.1. The maximum absolute atomic E-state index is 13.0. The van der Waals surface area contributed by atoms with E-state index in [1.54, 1.807) is 6.07 Å². The molecule has 0 aromatic heterocycles. The highest BCUT2D eigenvalue weighted by atomic mass is 35.5. The Labute approximate surface area is 227 Å². The SMILES string of the molecule is CS(=O)(=O)c1ccc2c(c1)CCN(CCC1CCC(NC(=O)c3cccc4ccccc34)CC1)CC2.Cl. The van der Waals surface area contributed by atoms with Crippen molar-refractivity contribution in [2.75, 3.05) is 25.9 Å². The Morgan fingerprint density at radius 2 is 1.62 bits per heavy atom. The number of nitrogens with one attached hydrogen (secondary N) is 1. The summed E-state index contributed by atoms with van der Waals surface area (Å²) in [4.78, 5) is 16.0. The van der Waals surface area contributed by atoms with Gasteiger partial charge >= 0.3 is 0 Å². The molecule has 5 rings (SSSR count). The molecular formula is C30H37ClN2O3S. The molecule has 1 heterocycles. The van der Waals surface area contributed by atoms with Crippen molar-refractivity contribution in [1.82, 2.24) is 10.2 Å². The van der Waals surface area contributed by atoms with E-state index in [2.05, 4.69) is 10.2 Å². The zero-order valence-electron chi connectivity index (χ0n) is 21.5. The van der Waals surface area contributed by atoms with Crippen LogP contribution < -0.4 is 5.32 Å². The van der Waals surface area contributed by atoms with Gasteiger partial charge in [-0.1, -0.05) is 42.5 Å². The van der Waals surface area contributed by atoms with E-state index < -0.39 is 9.84 Å². The predicted molar refractivity (Wildman–Crippen MR) is 152 cm³/mol. The molecule has 1 aliphatic heterocycles. The van der Waals surface area contributed by atoms with Crippen LogP contribution in [0.1, 0.15) is 53.6 Å². The fraction of sp³-hybridized carbons (Fsp3) is 0.433. The lowest BCUT2D eigenvalue weighted by molar-refractivity contribution is 0.0921. The third-order valence-electron chi connectivity index (χ3n) is 8.07. The number of rotatable bonds is 6. The van der Waals surface area contributed by atoms with Gasteiger partial charge < -0.3 is 10.2 Å². The summed E-state index contributed by atoms with van der Waals surface area (Å²) in [5, 5.41) is 5.41. The molecule has 5 nitrogen and oxygen atoms in total. The van der Waals surface area contributed by atoms with Crippen LogP contribution in [0.15, 0.2) is 65.6 Å². The van der Waals surface area contributed by atoms with Gasteiger partial charge in [-0.05, 0) is 97.5 Å². The van der Waals surface area contributed by atoms with E-state index in [9.17, 15) is 13.2 Å². The molecule has 0 atom stereocenters. The Hall–Kier alpha value is -2.41. The average Bonchev–Trinajstić information content (AvgIpc) is 3.09. The average molecular weight is 541 g/mol. The molecule has 0 spiro atoms. The number of hydrogen-bond acceptors (Lipinski definition) is 4. The van der Waals surface area contributed by atoms with E-state index in [4.69, 9.17) is 0 Å². The van der Waals surface area contributed by atoms with Gasteiger partial charge in [-0.2, -0.15) is 0 Å². The molecule has 198 valence electrons. The smallest absolute Gasteiger partial charge is 0.252 e. The fourth-order valence-electron chi connectivity index (χ4n) is 5.85. The van der Waals surface area contributed by atoms with Gasteiger partial charge in [0.2, 0.25) is 0 Å². The number of hydrogen-bond donors (Lipinski definition) is 1. The van der Waals surface area contributed by atoms with E-state index in [1.807, 2.05) is 54.6 Å².